The number of amides is 1. The zero-order chi connectivity index (χ0) is 13.4. The number of nitro groups is 1. The van der Waals surface area contributed by atoms with Crippen LogP contribution in [0.4, 0.5) is 11.4 Å². The zero-order valence-corrected chi connectivity index (χ0v) is 10.0. The molecule has 6 nitrogen and oxygen atoms in total. The summed E-state index contributed by atoms with van der Waals surface area (Å²) in [5.41, 5.74) is 5.41. The van der Waals surface area contributed by atoms with Crippen LogP contribution in [0, 0.1) is 16.2 Å². The minimum Gasteiger partial charge on any atom is -0.330 e. The number of nitrogens with one attached hydrogen (secondary N) is 1. The number of nitrogens with two attached hydrogens (primary N) is 1. The lowest BCUT2D eigenvalue weighted by Crippen LogP contribution is -2.12. The number of hydrogen-bond donors (Lipinski definition) is 2. The van der Waals surface area contributed by atoms with E-state index >= 15 is 0 Å². The molecule has 0 unspecified atom stereocenters. The van der Waals surface area contributed by atoms with Crippen molar-refractivity contribution in [1.82, 2.24) is 0 Å². The average Bonchev–Trinajstić information content (AvgIpc) is 2.35. The first-order chi connectivity index (χ1) is 8.65. The smallest absolute Gasteiger partial charge is 0.293 e. The number of unbranched alkanes of at least 4 members (excludes halogenated alkanes) is 2. The quantitative estimate of drug-likeness (QED) is 0.438. The summed E-state index contributed by atoms with van der Waals surface area (Å²) in [6.45, 7) is 0.613. The Morgan fingerprint density at radius 3 is 2.89 bits per heavy atom. The molecule has 0 spiro atoms. The molecule has 0 aliphatic rings. The van der Waals surface area contributed by atoms with Gasteiger partial charge in [0.25, 0.3) is 5.69 Å². The molecule has 0 aliphatic carbocycles. The van der Waals surface area contributed by atoms with Gasteiger partial charge in [0.1, 0.15) is 5.69 Å². The van der Waals surface area contributed by atoms with Crippen molar-refractivity contribution in [3.05, 3.63) is 34.4 Å². The fourth-order valence-electron chi connectivity index (χ4n) is 1.50. The molecule has 3 N–H and O–H groups in total. The SMILES string of the molecule is NCCCCCC(=O)Nc1cc[c]cc1[N+](=O)[O-]. The maximum absolute atomic E-state index is 11.6. The number of nitro benzene ring substituents is 1. The van der Waals surface area contributed by atoms with Gasteiger partial charge >= 0.3 is 0 Å². The largest absolute Gasteiger partial charge is 0.330 e. The second-order valence-electron chi connectivity index (χ2n) is 3.85. The highest BCUT2D eigenvalue weighted by Crippen LogP contribution is 2.23. The van der Waals surface area contributed by atoms with Crippen LogP contribution in [0.15, 0.2) is 18.2 Å². The molecule has 0 fully saturated rings. The third kappa shape index (κ3) is 4.50. The Balaban J connectivity index is 2.51. The van der Waals surface area contributed by atoms with Crippen molar-refractivity contribution in [2.45, 2.75) is 25.7 Å². The molecular weight excluding hydrogens is 234 g/mol. The van der Waals surface area contributed by atoms with Crippen molar-refractivity contribution >= 4 is 17.3 Å². The minimum atomic E-state index is -0.541. The van der Waals surface area contributed by atoms with Crippen LogP contribution in [0.2, 0.25) is 0 Å². The normalized spacial score (nSPS) is 10.1. The molecular formula is C12H16N3O3. The lowest BCUT2D eigenvalue weighted by atomic mass is 10.2. The summed E-state index contributed by atoms with van der Waals surface area (Å²) < 4.78 is 0. The fourth-order valence-corrected chi connectivity index (χ4v) is 1.50. The van der Waals surface area contributed by atoms with Gasteiger partial charge < -0.3 is 11.1 Å². The number of nitrogens with zero attached hydrogens (tertiary/aromatic N) is 1. The standard InChI is InChI=1S/C12H16N3O3/c13-9-5-1-2-8-12(16)14-10-6-3-4-7-11(10)15(17)18/h3,6-7H,1-2,5,8-9,13H2,(H,14,16). The number of anilines is 1. The van der Waals surface area contributed by atoms with Crippen LogP contribution in [0.25, 0.3) is 0 Å². The van der Waals surface area contributed by atoms with Crippen molar-refractivity contribution < 1.29 is 9.72 Å². The van der Waals surface area contributed by atoms with Gasteiger partial charge in [-0.1, -0.05) is 12.5 Å². The molecule has 1 aromatic carbocycles. The average molecular weight is 250 g/mol. The fraction of sp³-hybridized carbons (Fsp3) is 0.417. The predicted molar refractivity (Wildman–Crippen MR) is 68.1 cm³/mol. The van der Waals surface area contributed by atoms with Crippen LogP contribution >= 0.6 is 0 Å². The molecule has 0 heterocycles. The van der Waals surface area contributed by atoms with Gasteiger partial charge in [0.05, 0.1) is 4.92 Å². The van der Waals surface area contributed by atoms with E-state index in [1.54, 1.807) is 0 Å². The van der Waals surface area contributed by atoms with Gasteiger partial charge in [0.15, 0.2) is 0 Å². The van der Waals surface area contributed by atoms with E-state index < -0.39 is 4.92 Å². The van der Waals surface area contributed by atoms with Crippen molar-refractivity contribution in [3.63, 3.8) is 0 Å². The summed E-state index contributed by atoms with van der Waals surface area (Å²) in [6, 6.07) is 6.84. The Hall–Kier alpha value is -1.95. The van der Waals surface area contributed by atoms with Gasteiger partial charge in [-0.2, -0.15) is 0 Å². The summed E-state index contributed by atoms with van der Waals surface area (Å²) in [5.74, 6) is -0.221. The van der Waals surface area contributed by atoms with Gasteiger partial charge in [-0.25, -0.2) is 0 Å². The van der Waals surface area contributed by atoms with Crippen LogP contribution in [0.3, 0.4) is 0 Å². The highest BCUT2D eigenvalue weighted by molar-refractivity contribution is 5.92. The van der Waals surface area contributed by atoms with E-state index in [9.17, 15) is 14.9 Å². The first-order valence-electron chi connectivity index (χ1n) is 5.79. The lowest BCUT2D eigenvalue weighted by molar-refractivity contribution is -0.384. The molecule has 1 radical (unpaired) electrons. The topological polar surface area (TPSA) is 98.3 Å². The van der Waals surface area contributed by atoms with E-state index in [1.807, 2.05) is 0 Å². The molecule has 1 amide bonds. The highest BCUT2D eigenvalue weighted by Gasteiger charge is 2.14. The number of benzene rings is 1. The van der Waals surface area contributed by atoms with Crippen LogP contribution in [0.5, 0.6) is 0 Å². The van der Waals surface area contributed by atoms with Crippen molar-refractivity contribution in [2.24, 2.45) is 5.73 Å². The Labute approximate surface area is 105 Å². The lowest BCUT2D eigenvalue weighted by Gasteiger charge is -2.05. The first kappa shape index (κ1) is 14.1. The molecule has 1 aromatic rings. The Morgan fingerprint density at radius 1 is 1.44 bits per heavy atom. The summed E-state index contributed by atoms with van der Waals surface area (Å²) in [5, 5.41) is 13.3. The number of hydrogen-bond acceptors (Lipinski definition) is 4. The van der Waals surface area contributed by atoms with Gasteiger partial charge in [-0.15, -0.1) is 0 Å². The molecule has 6 heteroatoms. The third-order valence-electron chi connectivity index (χ3n) is 2.42. The van der Waals surface area contributed by atoms with Crippen LogP contribution in [0.1, 0.15) is 25.7 Å². The van der Waals surface area contributed by atoms with Crippen molar-refractivity contribution in [2.75, 3.05) is 11.9 Å². The van der Waals surface area contributed by atoms with Crippen molar-refractivity contribution in [3.8, 4) is 0 Å². The van der Waals surface area contributed by atoms with Crippen LogP contribution in [-0.4, -0.2) is 17.4 Å². The minimum absolute atomic E-state index is 0.146. The molecule has 0 atom stereocenters. The Bertz CT molecular complexity index is 421. The zero-order valence-electron chi connectivity index (χ0n) is 10.0. The van der Waals surface area contributed by atoms with Gasteiger partial charge in [0.2, 0.25) is 5.91 Å². The Kier molecular flexibility index (Phi) is 5.79. The molecule has 97 valence electrons. The van der Waals surface area contributed by atoms with E-state index in [-0.39, 0.29) is 17.3 Å². The van der Waals surface area contributed by atoms with E-state index in [1.165, 1.54) is 18.2 Å². The van der Waals surface area contributed by atoms with Crippen molar-refractivity contribution in [1.29, 1.82) is 0 Å². The van der Waals surface area contributed by atoms with E-state index in [4.69, 9.17) is 5.73 Å². The molecule has 18 heavy (non-hydrogen) atoms. The molecule has 0 saturated heterocycles. The van der Waals surface area contributed by atoms with E-state index in [0.717, 1.165) is 19.3 Å². The van der Waals surface area contributed by atoms with Gasteiger partial charge in [-0.05, 0) is 31.5 Å². The van der Waals surface area contributed by atoms with Gasteiger partial charge in [0, 0.05) is 12.5 Å². The molecule has 0 saturated carbocycles. The maximum Gasteiger partial charge on any atom is 0.293 e. The second kappa shape index (κ2) is 7.39. The van der Waals surface area contributed by atoms with Gasteiger partial charge in [-0.3, -0.25) is 14.9 Å². The third-order valence-corrected chi connectivity index (χ3v) is 2.42. The van der Waals surface area contributed by atoms with E-state index in [2.05, 4.69) is 11.4 Å². The monoisotopic (exact) mass is 250 g/mol. The summed E-state index contributed by atoms with van der Waals surface area (Å²) in [4.78, 5) is 21.8. The summed E-state index contributed by atoms with van der Waals surface area (Å²) in [7, 11) is 0. The number of carbonyl (C=O) groups excluding carboxylic acids is 1. The molecule has 0 aliphatic heterocycles. The first-order valence-corrected chi connectivity index (χ1v) is 5.79. The highest BCUT2D eigenvalue weighted by atomic mass is 16.6. The number of carbonyl (C=O) groups is 1. The van der Waals surface area contributed by atoms with E-state index in [0.29, 0.717) is 13.0 Å². The molecule has 0 bridgehead atoms. The van der Waals surface area contributed by atoms with Crippen LogP contribution < -0.4 is 11.1 Å². The van der Waals surface area contributed by atoms with Crippen LogP contribution in [-0.2, 0) is 4.79 Å². The maximum atomic E-state index is 11.6. The Morgan fingerprint density at radius 2 is 2.22 bits per heavy atom. The predicted octanol–water partition coefficient (Wildman–Crippen LogP) is 1.85. The summed E-state index contributed by atoms with van der Waals surface area (Å²) >= 11 is 0. The second-order valence-corrected chi connectivity index (χ2v) is 3.85. The number of rotatable bonds is 7. The summed E-state index contributed by atoms with van der Waals surface area (Å²) in [6.07, 6.45) is 2.84. The molecule has 1 rings (SSSR count). The molecule has 0 aromatic heterocycles.